The van der Waals surface area contributed by atoms with Crippen molar-refractivity contribution in [3.8, 4) is 0 Å². The van der Waals surface area contributed by atoms with Crippen molar-refractivity contribution in [1.82, 2.24) is 4.90 Å². The second-order valence-corrected chi connectivity index (χ2v) is 6.84. The first-order chi connectivity index (χ1) is 13.4. The molecule has 28 heavy (non-hydrogen) atoms. The standard InChI is InChI=1S/C20H22N4O4/c21-20(26)18-9-4-10-23(18)13-14-5-3-7-16(11-14)22-19(25)12-15-6-1-2-8-17(15)24(27)28/h1-3,5-8,11,18H,4,9-10,12-13H2,(H2,21,26)(H,22,25). The van der Waals surface area contributed by atoms with Gasteiger partial charge in [-0.2, -0.15) is 0 Å². The van der Waals surface area contributed by atoms with Gasteiger partial charge in [0, 0.05) is 23.9 Å². The van der Waals surface area contributed by atoms with E-state index < -0.39 is 4.92 Å². The predicted molar refractivity (Wildman–Crippen MR) is 104 cm³/mol. The van der Waals surface area contributed by atoms with E-state index in [0.717, 1.165) is 24.9 Å². The van der Waals surface area contributed by atoms with Gasteiger partial charge in [0.15, 0.2) is 0 Å². The molecule has 2 aromatic carbocycles. The molecule has 0 aliphatic carbocycles. The Bertz CT molecular complexity index is 899. The van der Waals surface area contributed by atoms with Gasteiger partial charge in [0.1, 0.15) is 0 Å². The molecule has 1 aliphatic heterocycles. The van der Waals surface area contributed by atoms with Crippen molar-refractivity contribution in [3.63, 3.8) is 0 Å². The van der Waals surface area contributed by atoms with E-state index in [-0.39, 0.29) is 30.0 Å². The summed E-state index contributed by atoms with van der Waals surface area (Å²) in [7, 11) is 0. The molecule has 2 amide bonds. The molecule has 3 N–H and O–H groups in total. The summed E-state index contributed by atoms with van der Waals surface area (Å²) in [4.78, 5) is 36.5. The molecule has 2 aromatic rings. The number of carbonyl (C=O) groups is 2. The van der Waals surface area contributed by atoms with Crippen molar-refractivity contribution in [2.24, 2.45) is 5.73 Å². The molecular weight excluding hydrogens is 360 g/mol. The highest BCUT2D eigenvalue weighted by Crippen LogP contribution is 2.22. The third kappa shape index (κ3) is 4.72. The number of rotatable bonds is 7. The smallest absolute Gasteiger partial charge is 0.273 e. The second kappa shape index (κ2) is 8.62. The third-order valence-corrected chi connectivity index (χ3v) is 4.83. The minimum Gasteiger partial charge on any atom is -0.368 e. The SMILES string of the molecule is NC(=O)C1CCCN1Cc1cccc(NC(=O)Cc2ccccc2[N+](=O)[O-])c1. The van der Waals surface area contributed by atoms with Crippen molar-refractivity contribution >= 4 is 23.2 Å². The summed E-state index contributed by atoms with van der Waals surface area (Å²) >= 11 is 0. The number of primary amides is 1. The van der Waals surface area contributed by atoms with Crippen molar-refractivity contribution in [2.75, 3.05) is 11.9 Å². The molecule has 1 aliphatic rings. The Labute approximate surface area is 162 Å². The molecule has 146 valence electrons. The van der Waals surface area contributed by atoms with E-state index in [2.05, 4.69) is 5.32 Å². The van der Waals surface area contributed by atoms with Crippen LogP contribution < -0.4 is 11.1 Å². The van der Waals surface area contributed by atoms with Crippen LogP contribution in [0.1, 0.15) is 24.0 Å². The van der Waals surface area contributed by atoms with Gasteiger partial charge in [-0.15, -0.1) is 0 Å². The number of benzene rings is 2. The first-order valence-corrected chi connectivity index (χ1v) is 9.08. The highest BCUT2D eigenvalue weighted by atomic mass is 16.6. The fourth-order valence-electron chi connectivity index (χ4n) is 3.54. The summed E-state index contributed by atoms with van der Waals surface area (Å²) in [6.07, 6.45) is 1.61. The Morgan fingerprint density at radius 2 is 2.00 bits per heavy atom. The molecule has 1 atom stereocenters. The van der Waals surface area contributed by atoms with Gasteiger partial charge in [0.2, 0.25) is 11.8 Å². The monoisotopic (exact) mass is 382 g/mol. The van der Waals surface area contributed by atoms with Gasteiger partial charge in [0.05, 0.1) is 17.4 Å². The van der Waals surface area contributed by atoms with E-state index in [1.165, 1.54) is 6.07 Å². The molecule has 1 saturated heterocycles. The molecule has 0 saturated carbocycles. The number of nitro groups is 1. The molecule has 0 bridgehead atoms. The minimum absolute atomic E-state index is 0.0714. The van der Waals surface area contributed by atoms with Gasteiger partial charge >= 0.3 is 0 Å². The zero-order chi connectivity index (χ0) is 20.1. The highest BCUT2D eigenvalue weighted by molar-refractivity contribution is 5.92. The van der Waals surface area contributed by atoms with Gasteiger partial charge in [-0.05, 0) is 37.1 Å². The number of likely N-dealkylation sites (tertiary alicyclic amines) is 1. The maximum atomic E-state index is 12.3. The van der Waals surface area contributed by atoms with Crippen LogP contribution in [0.2, 0.25) is 0 Å². The van der Waals surface area contributed by atoms with E-state index >= 15 is 0 Å². The number of para-hydroxylation sites is 1. The van der Waals surface area contributed by atoms with E-state index in [9.17, 15) is 19.7 Å². The first-order valence-electron chi connectivity index (χ1n) is 9.08. The summed E-state index contributed by atoms with van der Waals surface area (Å²) in [6.45, 7) is 1.38. The Morgan fingerprint density at radius 1 is 1.21 bits per heavy atom. The molecular formula is C20H22N4O4. The number of anilines is 1. The molecule has 0 aromatic heterocycles. The fourth-order valence-corrected chi connectivity index (χ4v) is 3.54. The van der Waals surface area contributed by atoms with Crippen molar-refractivity contribution < 1.29 is 14.5 Å². The Hall–Kier alpha value is -3.26. The average molecular weight is 382 g/mol. The molecule has 0 radical (unpaired) electrons. The van der Waals surface area contributed by atoms with Crippen LogP contribution in [0.25, 0.3) is 0 Å². The van der Waals surface area contributed by atoms with Gasteiger partial charge in [-0.25, -0.2) is 0 Å². The summed E-state index contributed by atoms with van der Waals surface area (Å²) in [5, 5.41) is 13.9. The zero-order valence-electron chi connectivity index (χ0n) is 15.3. The largest absolute Gasteiger partial charge is 0.368 e. The molecule has 8 heteroatoms. The van der Waals surface area contributed by atoms with Gasteiger partial charge in [-0.1, -0.05) is 30.3 Å². The fraction of sp³-hybridized carbons (Fsp3) is 0.300. The first kappa shape index (κ1) is 19.5. The van der Waals surface area contributed by atoms with Crippen LogP contribution in [-0.2, 0) is 22.6 Å². The summed E-state index contributed by atoms with van der Waals surface area (Å²) in [5.74, 6) is -0.644. The van der Waals surface area contributed by atoms with Crippen LogP contribution in [0.4, 0.5) is 11.4 Å². The van der Waals surface area contributed by atoms with Crippen LogP contribution in [0.15, 0.2) is 48.5 Å². The van der Waals surface area contributed by atoms with Crippen LogP contribution in [-0.4, -0.2) is 34.2 Å². The van der Waals surface area contributed by atoms with Crippen molar-refractivity contribution in [1.29, 1.82) is 0 Å². The van der Waals surface area contributed by atoms with Crippen LogP contribution in [0.5, 0.6) is 0 Å². The lowest BCUT2D eigenvalue weighted by atomic mass is 10.1. The number of nitrogens with one attached hydrogen (secondary N) is 1. The number of nitrogens with zero attached hydrogens (tertiary/aromatic N) is 2. The molecule has 1 heterocycles. The Balaban J connectivity index is 1.65. The van der Waals surface area contributed by atoms with Crippen LogP contribution >= 0.6 is 0 Å². The third-order valence-electron chi connectivity index (χ3n) is 4.83. The summed E-state index contributed by atoms with van der Waals surface area (Å²) in [6, 6.07) is 13.3. The lowest BCUT2D eigenvalue weighted by Gasteiger charge is -2.22. The minimum atomic E-state index is -0.492. The number of carbonyl (C=O) groups excluding carboxylic acids is 2. The second-order valence-electron chi connectivity index (χ2n) is 6.84. The van der Waals surface area contributed by atoms with Gasteiger partial charge in [0.25, 0.3) is 5.69 Å². The van der Waals surface area contributed by atoms with Crippen LogP contribution in [0, 0.1) is 10.1 Å². The lowest BCUT2D eigenvalue weighted by molar-refractivity contribution is -0.385. The number of hydrogen-bond donors (Lipinski definition) is 2. The van der Waals surface area contributed by atoms with Gasteiger partial charge < -0.3 is 11.1 Å². The summed E-state index contributed by atoms with van der Waals surface area (Å²) in [5.41, 5.74) is 7.31. The van der Waals surface area contributed by atoms with E-state index in [1.54, 1.807) is 24.3 Å². The topological polar surface area (TPSA) is 119 Å². The summed E-state index contributed by atoms with van der Waals surface area (Å²) < 4.78 is 0. The normalized spacial score (nSPS) is 16.6. The molecule has 1 fully saturated rings. The van der Waals surface area contributed by atoms with E-state index in [0.29, 0.717) is 17.8 Å². The van der Waals surface area contributed by atoms with E-state index in [1.807, 2.05) is 23.1 Å². The van der Waals surface area contributed by atoms with E-state index in [4.69, 9.17) is 5.73 Å². The Morgan fingerprint density at radius 3 is 2.75 bits per heavy atom. The zero-order valence-corrected chi connectivity index (χ0v) is 15.3. The molecule has 0 spiro atoms. The predicted octanol–water partition coefficient (Wildman–Crippen LogP) is 2.23. The number of amides is 2. The molecule has 8 nitrogen and oxygen atoms in total. The maximum absolute atomic E-state index is 12.3. The number of nitrogens with two attached hydrogens (primary N) is 1. The highest BCUT2D eigenvalue weighted by Gasteiger charge is 2.28. The van der Waals surface area contributed by atoms with Crippen LogP contribution in [0.3, 0.4) is 0 Å². The average Bonchev–Trinajstić information content (AvgIpc) is 3.10. The maximum Gasteiger partial charge on any atom is 0.273 e. The van der Waals surface area contributed by atoms with Crippen molar-refractivity contribution in [3.05, 3.63) is 69.8 Å². The lowest BCUT2D eigenvalue weighted by Crippen LogP contribution is -2.39. The molecule has 3 rings (SSSR count). The van der Waals surface area contributed by atoms with Crippen molar-refractivity contribution in [2.45, 2.75) is 31.8 Å². The number of hydrogen-bond acceptors (Lipinski definition) is 5. The quantitative estimate of drug-likeness (QED) is 0.562. The molecule has 1 unspecified atom stereocenters. The van der Waals surface area contributed by atoms with Gasteiger partial charge in [-0.3, -0.25) is 24.6 Å². The Kier molecular flexibility index (Phi) is 6.00. The number of nitro benzene ring substituents is 1.